The molecule has 1 aliphatic rings. The van der Waals surface area contributed by atoms with Crippen LogP contribution in [0.15, 0.2) is 47.5 Å². The highest BCUT2D eigenvalue weighted by molar-refractivity contribution is 6.14. The number of Topliss-reactive ketones (excluding diaryl/α,β-unsaturated/α-hetero) is 1. The highest BCUT2D eigenvalue weighted by Gasteiger charge is 2.27. The number of likely N-dealkylation sites (tertiary alicyclic amines) is 1. The minimum absolute atomic E-state index is 0.0596. The normalized spacial score (nSPS) is 16.4. The third-order valence-electron chi connectivity index (χ3n) is 7.02. The minimum atomic E-state index is 0.0596. The van der Waals surface area contributed by atoms with Crippen LogP contribution in [0.2, 0.25) is 0 Å². The van der Waals surface area contributed by atoms with E-state index < -0.39 is 0 Å². The number of piperidine rings is 1. The monoisotopic (exact) mass is 549 g/mol. The van der Waals surface area contributed by atoms with Crippen molar-refractivity contribution in [3.8, 4) is 23.0 Å². The number of hydrogen-bond donors (Lipinski definition) is 0. The van der Waals surface area contributed by atoms with E-state index in [1.807, 2.05) is 48.6 Å². The van der Waals surface area contributed by atoms with Gasteiger partial charge in [0.05, 0.1) is 27.4 Å². The molecule has 2 aromatic rings. The van der Waals surface area contributed by atoms with Gasteiger partial charge in [-0.3, -0.25) is 9.69 Å². The molecule has 0 amide bonds. The van der Waals surface area contributed by atoms with Crippen LogP contribution in [0.5, 0.6) is 23.0 Å². The standard InChI is InChI=1S/C34H47NO5/c1-23(2)13-15-39-30-11-9-26(19-32(30)37-7)17-28-21-35(25(5)6)22-29(34(28)36)18-27-10-12-31(33(20-27)38-8)40-16-14-24(3)4/h9-12,17-20,23-25H,13-16,21-22H2,1-8H3. The van der Waals surface area contributed by atoms with E-state index in [0.29, 0.717) is 49.6 Å². The molecular weight excluding hydrogens is 502 g/mol. The van der Waals surface area contributed by atoms with Crippen LogP contribution in [0.25, 0.3) is 12.2 Å². The molecule has 0 spiro atoms. The van der Waals surface area contributed by atoms with Gasteiger partial charge in [0.25, 0.3) is 0 Å². The Morgan fingerprint density at radius 3 is 1.48 bits per heavy atom. The van der Waals surface area contributed by atoms with Gasteiger partial charge >= 0.3 is 0 Å². The van der Waals surface area contributed by atoms with Crippen molar-refractivity contribution in [3.05, 3.63) is 58.7 Å². The molecule has 2 aromatic carbocycles. The van der Waals surface area contributed by atoms with Crippen molar-refractivity contribution in [3.63, 3.8) is 0 Å². The predicted octanol–water partition coefficient (Wildman–Crippen LogP) is 7.31. The van der Waals surface area contributed by atoms with Gasteiger partial charge in [-0.2, -0.15) is 0 Å². The number of ether oxygens (including phenoxy) is 4. The lowest BCUT2D eigenvalue weighted by atomic mass is 9.93. The number of ketones is 1. The van der Waals surface area contributed by atoms with Crippen molar-refractivity contribution in [2.45, 2.75) is 60.4 Å². The summed E-state index contributed by atoms with van der Waals surface area (Å²) in [4.78, 5) is 16.0. The zero-order valence-corrected chi connectivity index (χ0v) is 25.6. The van der Waals surface area contributed by atoms with Crippen LogP contribution in [0.1, 0.15) is 65.5 Å². The van der Waals surface area contributed by atoms with Gasteiger partial charge in [0.2, 0.25) is 0 Å². The van der Waals surface area contributed by atoms with Crippen molar-refractivity contribution >= 4 is 17.9 Å². The molecule has 6 nitrogen and oxygen atoms in total. The smallest absolute Gasteiger partial charge is 0.187 e. The molecule has 218 valence electrons. The largest absolute Gasteiger partial charge is 0.493 e. The average molecular weight is 550 g/mol. The van der Waals surface area contributed by atoms with E-state index in [0.717, 1.165) is 46.6 Å². The molecule has 40 heavy (non-hydrogen) atoms. The van der Waals surface area contributed by atoms with E-state index in [2.05, 4.69) is 46.4 Å². The van der Waals surface area contributed by atoms with Crippen LogP contribution in [-0.4, -0.2) is 57.2 Å². The molecule has 1 heterocycles. The van der Waals surface area contributed by atoms with Crippen LogP contribution >= 0.6 is 0 Å². The van der Waals surface area contributed by atoms with Crippen LogP contribution in [0.4, 0.5) is 0 Å². The fraction of sp³-hybridized carbons (Fsp3) is 0.500. The van der Waals surface area contributed by atoms with Gasteiger partial charge in [-0.15, -0.1) is 0 Å². The van der Waals surface area contributed by atoms with Crippen molar-refractivity contribution in [1.82, 2.24) is 4.90 Å². The van der Waals surface area contributed by atoms with Crippen molar-refractivity contribution in [2.24, 2.45) is 11.8 Å². The van der Waals surface area contributed by atoms with E-state index in [1.165, 1.54) is 0 Å². The number of nitrogens with zero attached hydrogens (tertiary/aromatic N) is 1. The maximum absolute atomic E-state index is 13.7. The fourth-order valence-corrected chi connectivity index (χ4v) is 4.43. The number of hydrogen-bond acceptors (Lipinski definition) is 6. The first-order chi connectivity index (χ1) is 19.1. The molecule has 0 saturated carbocycles. The summed E-state index contributed by atoms with van der Waals surface area (Å²) in [5.74, 6) is 3.97. The lowest BCUT2D eigenvalue weighted by molar-refractivity contribution is -0.113. The van der Waals surface area contributed by atoms with E-state index in [-0.39, 0.29) is 11.8 Å². The average Bonchev–Trinajstić information content (AvgIpc) is 2.91. The molecule has 3 rings (SSSR count). The van der Waals surface area contributed by atoms with E-state index in [4.69, 9.17) is 18.9 Å². The molecule has 0 atom stereocenters. The molecule has 0 aromatic heterocycles. The second-order valence-corrected chi connectivity index (χ2v) is 11.5. The summed E-state index contributed by atoms with van der Waals surface area (Å²) in [6.45, 7) is 15.5. The zero-order valence-electron chi connectivity index (χ0n) is 25.6. The first-order valence-electron chi connectivity index (χ1n) is 14.4. The van der Waals surface area contributed by atoms with Crippen LogP contribution in [-0.2, 0) is 4.79 Å². The summed E-state index contributed by atoms with van der Waals surface area (Å²) in [5.41, 5.74) is 3.32. The molecule has 0 aliphatic carbocycles. The summed E-state index contributed by atoms with van der Waals surface area (Å²) in [5, 5.41) is 0. The Balaban J connectivity index is 1.87. The molecule has 0 unspecified atom stereocenters. The highest BCUT2D eigenvalue weighted by Crippen LogP contribution is 2.32. The zero-order chi connectivity index (χ0) is 29.2. The van der Waals surface area contributed by atoms with Crippen LogP contribution in [0.3, 0.4) is 0 Å². The SMILES string of the molecule is COc1cc(C=C2CN(C(C)C)CC(=Cc3ccc(OCCC(C)C)c(OC)c3)C2=O)ccc1OCCC(C)C. The lowest BCUT2D eigenvalue weighted by Gasteiger charge is -2.32. The Morgan fingerprint density at radius 1 is 0.700 bits per heavy atom. The molecule has 0 radical (unpaired) electrons. The Labute approximate surface area is 241 Å². The van der Waals surface area contributed by atoms with E-state index in [1.54, 1.807) is 14.2 Å². The molecule has 1 fully saturated rings. The maximum Gasteiger partial charge on any atom is 0.187 e. The van der Waals surface area contributed by atoms with Gasteiger partial charge in [0.1, 0.15) is 0 Å². The van der Waals surface area contributed by atoms with Crippen molar-refractivity contribution < 1.29 is 23.7 Å². The molecule has 1 aliphatic heterocycles. The molecule has 6 heteroatoms. The Morgan fingerprint density at radius 2 is 1.12 bits per heavy atom. The number of carbonyl (C=O) groups excluding carboxylic acids is 1. The molecular formula is C34H47NO5. The third kappa shape index (κ3) is 8.88. The number of benzene rings is 2. The Bertz CT molecular complexity index is 1110. The Kier molecular flexibility index (Phi) is 11.7. The predicted molar refractivity (Wildman–Crippen MR) is 164 cm³/mol. The maximum atomic E-state index is 13.7. The van der Waals surface area contributed by atoms with Gasteiger partial charge in [0.15, 0.2) is 28.8 Å². The van der Waals surface area contributed by atoms with Crippen molar-refractivity contribution in [1.29, 1.82) is 0 Å². The van der Waals surface area contributed by atoms with E-state index in [9.17, 15) is 4.79 Å². The van der Waals surface area contributed by atoms with Crippen LogP contribution < -0.4 is 18.9 Å². The molecule has 0 bridgehead atoms. The Hall–Kier alpha value is -3.25. The van der Waals surface area contributed by atoms with E-state index >= 15 is 0 Å². The number of carbonyl (C=O) groups is 1. The quantitative estimate of drug-likeness (QED) is 0.244. The first kappa shape index (κ1) is 31.3. The van der Waals surface area contributed by atoms with Crippen molar-refractivity contribution in [2.75, 3.05) is 40.5 Å². The van der Waals surface area contributed by atoms with Gasteiger partial charge < -0.3 is 18.9 Å². The second-order valence-electron chi connectivity index (χ2n) is 11.5. The summed E-state index contributed by atoms with van der Waals surface area (Å²) in [7, 11) is 3.28. The lowest BCUT2D eigenvalue weighted by Crippen LogP contribution is -2.41. The number of rotatable bonds is 13. The number of methoxy groups -OCH3 is 2. The van der Waals surface area contributed by atoms with Gasteiger partial charge in [-0.25, -0.2) is 0 Å². The topological polar surface area (TPSA) is 57.2 Å². The molecule has 0 N–H and O–H groups in total. The minimum Gasteiger partial charge on any atom is -0.493 e. The van der Waals surface area contributed by atoms with Gasteiger partial charge in [-0.05, 0) is 86.1 Å². The van der Waals surface area contributed by atoms with Gasteiger partial charge in [-0.1, -0.05) is 39.8 Å². The molecule has 1 saturated heterocycles. The summed E-state index contributed by atoms with van der Waals surface area (Å²) < 4.78 is 23.1. The summed E-state index contributed by atoms with van der Waals surface area (Å²) in [6.07, 6.45) is 5.89. The van der Waals surface area contributed by atoms with Crippen LogP contribution in [0, 0.1) is 11.8 Å². The first-order valence-corrected chi connectivity index (χ1v) is 14.4. The summed E-state index contributed by atoms with van der Waals surface area (Å²) in [6, 6.07) is 12.0. The fourth-order valence-electron chi connectivity index (χ4n) is 4.43. The highest BCUT2D eigenvalue weighted by atomic mass is 16.5. The third-order valence-corrected chi connectivity index (χ3v) is 7.02. The summed E-state index contributed by atoms with van der Waals surface area (Å²) >= 11 is 0. The van der Waals surface area contributed by atoms with Gasteiger partial charge in [0, 0.05) is 30.3 Å². The second kappa shape index (κ2) is 14.9.